The van der Waals surface area contributed by atoms with Gasteiger partial charge in [-0.2, -0.15) is 0 Å². The Balaban J connectivity index is 3.63. The Labute approximate surface area is 54.6 Å². The van der Waals surface area contributed by atoms with E-state index in [1.165, 1.54) is 6.08 Å². The first-order chi connectivity index (χ1) is 4.16. The van der Waals surface area contributed by atoms with E-state index in [-0.39, 0.29) is 6.42 Å². The summed E-state index contributed by atoms with van der Waals surface area (Å²) in [6, 6.07) is 0. The second kappa shape index (κ2) is 4.08. The lowest BCUT2D eigenvalue weighted by Crippen LogP contribution is -2.19. The lowest BCUT2D eigenvalue weighted by Gasteiger charge is -1.89. The zero-order valence-electron chi connectivity index (χ0n) is 4.66. The summed E-state index contributed by atoms with van der Waals surface area (Å²) in [6.45, 7) is 3.25. The smallest absolute Gasteiger partial charge is 0.237 e. The average Bonchev–Trinajstić information content (AvgIpc) is 1.63. The van der Waals surface area contributed by atoms with Crippen LogP contribution in [0.15, 0.2) is 12.7 Å². The molecule has 52 valence electrons. The number of hydrogen-bond acceptors (Lipinski definition) is 3. The molecule has 0 spiro atoms. The maximum Gasteiger partial charge on any atom is 0.237 e. The van der Waals surface area contributed by atoms with Crippen LogP contribution in [0.4, 0.5) is 0 Å². The number of rotatable bonds is 3. The molecule has 0 aliphatic heterocycles. The van der Waals surface area contributed by atoms with Gasteiger partial charge in [0.1, 0.15) is 0 Å². The molecule has 0 atom stereocenters. The molecule has 0 aliphatic carbocycles. The lowest BCUT2D eigenvalue weighted by molar-refractivity contribution is -0.118. The van der Waals surface area contributed by atoms with E-state index in [1.54, 1.807) is 4.72 Å². The topological polar surface area (TPSA) is 63.2 Å². The Morgan fingerprint density at radius 2 is 2.22 bits per heavy atom. The SMILES string of the molecule is C=CCC(=O)N[SH](=O)=O. The van der Waals surface area contributed by atoms with Crippen LogP contribution in [-0.4, -0.2) is 14.3 Å². The van der Waals surface area contributed by atoms with Gasteiger partial charge in [-0.25, -0.2) is 8.42 Å². The largest absolute Gasteiger partial charge is 0.274 e. The van der Waals surface area contributed by atoms with Crippen molar-refractivity contribution < 1.29 is 13.2 Å². The first-order valence-electron chi connectivity index (χ1n) is 2.21. The fourth-order valence-corrected chi connectivity index (χ4v) is 0.573. The first kappa shape index (κ1) is 8.16. The molecule has 0 fully saturated rings. The molecule has 0 heterocycles. The fourth-order valence-electron chi connectivity index (χ4n) is 0.279. The summed E-state index contributed by atoms with van der Waals surface area (Å²) in [5.41, 5.74) is 0. The number of carbonyl (C=O) groups excluding carboxylic acids is 1. The van der Waals surface area contributed by atoms with Gasteiger partial charge in [0.05, 0.1) is 0 Å². The molecule has 1 N–H and O–H groups in total. The highest BCUT2D eigenvalue weighted by Gasteiger charge is 1.94. The molecule has 0 saturated heterocycles. The summed E-state index contributed by atoms with van der Waals surface area (Å²) < 4.78 is 21.2. The highest BCUT2D eigenvalue weighted by Crippen LogP contribution is 1.76. The van der Waals surface area contributed by atoms with Crippen LogP contribution in [0.2, 0.25) is 0 Å². The Bertz CT molecular complexity index is 176. The summed E-state index contributed by atoms with van der Waals surface area (Å²) in [4.78, 5) is 10.3. The minimum absolute atomic E-state index is 0.0311. The molecule has 0 aliphatic rings. The predicted molar refractivity (Wildman–Crippen MR) is 33.3 cm³/mol. The number of hydrogen-bond donors (Lipinski definition) is 2. The first-order valence-corrected chi connectivity index (χ1v) is 3.39. The predicted octanol–water partition coefficient (Wildman–Crippen LogP) is -0.795. The number of nitrogens with one attached hydrogen (secondary N) is 1. The third-order valence-corrected chi connectivity index (χ3v) is 0.978. The van der Waals surface area contributed by atoms with Gasteiger partial charge < -0.3 is 0 Å². The van der Waals surface area contributed by atoms with Crippen LogP contribution in [-0.2, 0) is 15.7 Å². The van der Waals surface area contributed by atoms with Crippen LogP contribution in [0, 0.1) is 0 Å². The molecule has 0 unspecified atom stereocenters. The third-order valence-electron chi connectivity index (χ3n) is 0.546. The molecule has 0 aromatic carbocycles. The molecule has 0 radical (unpaired) electrons. The number of amides is 1. The second-order valence-electron chi connectivity index (χ2n) is 1.28. The van der Waals surface area contributed by atoms with Crippen LogP contribution in [0.3, 0.4) is 0 Å². The monoisotopic (exact) mass is 149 g/mol. The molecule has 9 heavy (non-hydrogen) atoms. The Kier molecular flexibility index (Phi) is 3.70. The van der Waals surface area contributed by atoms with Crippen molar-refractivity contribution in [2.45, 2.75) is 6.42 Å². The van der Waals surface area contributed by atoms with Gasteiger partial charge in [-0.1, -0.05) is 6.08 Å². The second-order valence-corrected chi connectivity index (χ2v) is 2.02. The van der Waals surface area contributed by atoms with Crippen molar-refractivity contribution in [3.63, 3.8) is 0 Å². The molecular formula is C4H7NO3S. The summed E-state index contributed by atoms with van der Waals surface area (Å²) in [5, 5.41) is 0. The van der Waals surface area contributed by atoms with E-state index in [9.17, 15) is 13.2 Å². The highest BCUT2D eigenvalue weighted by molar-refractivity contribution is 7.71. The quantitative estimate of drug-likeness (QED) is 0.408. The summed E-state index contributed by atoms with van der Waals surface area (Å²) in [6.07, 6.45) is 1.36. The van der Waals surface area contributed by atoms with Crippen LogP contribution in [0.25, 0.3) is 0 Å². The van der Waals surface area contributed by atoms with Crippen LogP contribution >= 0.6 is 0 Å². The van der Waals surface area contributed by atoms with Crippen molar-refractivity contribution in [3.8, 4) is 0 Å². The van der Waals surface area contributed by atoms with Gasteiger partial charge in [-0.05, 0) is 0 Å². The number of carbonyl (C=O) groups is 1. The summed E-state index contributed by atoms with van der Waals surface area (Å²) in [7, 11) is -2.80. The lowest BCUT2D eigenvalue weighted by atomic mass is 10.4. The van der Waals surface area contributed by atoms with E-state index in [2.05, 4.69) is 6.58 Å². The molecule has 0 saturated carbocycles. The van der Waals surface area contributed by atoms with Gasteiger partial charge in [0.15, 0.2) is 0 Å². The van der Waals surface area contributed by atoms with Gasteiger partial charge in [0.25, 0.3) is 0 Å². The molecular weight excluding hydrogens is 142 g/mol. The van der Waals surface area contributed by atoms with Crippen molar-refractivity contribution in [2.75, 3.05) is 0 Å². The Hall–Kier alpha value is -0.840. The van der Waals surface area contributed by atoms with Crippen molar-refractivity contribution in [1.29, 1.82) is 0 Å². The summed E-state index contributed by atoms with van der Waals surface area (Å²) >= 11 is 0. The standard InChI is InChI=1S/C4H7NO3S/c1-2-3-4(6)5-9(7)8/h2,9H,1,3H2,(H,5,6,7,8). The van der Waals surface area contributed by atoms with Gasteiger partial charge in [0, 0.05) is 6.42 Å². The van der Waals surface area contributed by atoms with Crippen LogP contribution < -0.4 is 4.72 Å². The van der Waals surface area contributed by atoms with E-state index in [1.807, 2.05) is 0 Å². The molecule has 0 bridgehead atoms. The van der Waals surface area contributed by atoms with E-state index in [0.29, 0.717) is 0 Å². The molecule has 0 aromatic heterocycles. The minimum atomic E-state index is -2.80. The van der Waals surface area contributed by atoms with Crippen LogP contribution in [0.5, 0.6) is 0 Å². The van der Waals surface area contributed by atoms with Crippen molar-refractivity contribution in [2.24, 2.45) is 0 Å². The van der Waals surface area contributed by atoms with Crippen LogP contribution in [0.1, 0.15) is 6.42 Å². The molecule has 4 nitrogen and oxygen atoms in total. The van der Waals surface area contributed by atoms with Gasteiger partial charge >= 0.3 is 0 Å². The van der Waals surface area contributed by atoms with E-state index in [4.69, 9.17) is 0 Å². The highest BCUT2D eigenvalue weighted by atomic mass is 32.2. The maximum atomic E-state index is 10.3. The van der Waals surface area contributed by atoms with Crippen molar-refractivity contribution in [1.82, 2.24) is 4.72 Å². The zero-order valence-corrected chi connectivity index (χ0v) is 5.56. The minimum Gasteiger partial charge on any atom is -0.274 e. The summed E-state index contributed by atoms with van der Waals surface area (Å²) in [5.74, 6) is -0.555. The van der Waals surface area contributed by atoms with E-state index < -0.39 is 16.8 Å². The van der Waals surface area contributed by atoms with Crippen molar-refractivity contribution in [3.05, 3.63) is 12.7 Å². The van der Waals surface area contributed by atoms with Gasteiger partial charge in [-0.3, -0.25) is 9.52 Å². The van der Waals surface area contributed by atoms with Gasteiger partial charge in [-0.15, -0.1) is 6.58 Å². The fraction of sp³-hybridized carbons (Fsp3) is 0.250. The van der Waals surface area contributed by atoms with Gasteiger partial charge in [0.2, 0.25) is 16.8 Å². The van der Waals surface area contributed by atoms with E-state index >= 15 is 0 Å². The Morgan fingerprint density at radius 3 is 2.56 bits per heavy atom. The third kappa shape index (κ3) is 5.02. The normalized spacial score (nSPS) is 9.00. The van der Waals surface area contributed by atoms with E-state index in [0.717, 1.165) is 0 Å². The maximum absolute atomic E-state index is 10.3. The molecule has 0 rings (SSSR count). The zero-order chi connectivity index (χ0) is 7.28. The van der Waals surface area contributed by atoms with Crippen molar-refractivity contribution >= 4 is 16.8 Å². The molecule has 5 heteroatoms. The molecule has 0 aromatic rings. The number of thiol groups is 1. The Morgan fingerprint density at radius 1 is 1.67 bits per heavy atom. The molecule has 1 amide bonds. The average molecular weight is 149 g/mol.